The van der Waals surface area contributed by atoms with Crippen molar-refractivity contribution in [3.05, 3.63) is 77.6 Å². The molecule has 1 unspecified atom stereocenters. The summed E-state index contributed by atoms with van der Waals surface area (Å²) in [7, 11) is -3.61. The zero-order chi connectivity index (χ0) is 35.4. The number of aromatic nitrogens is 5. The molecule has 0 spiro atoms. The van der Waals surface area contributed by atoms with Gasteiger partial charge in [0.1, 0.15) is 5.69 Å². The summed E-state index contributed by atoms with van der Waals surface area (Å²) in [5, 5.41) is 21.8. The number of hydrogen-bond donors (Lipinski definition) is 1. The fraction of sp³-hybridized carbons (Fsp3) is 0.513. The van der Waals surface area contributed by atoms with E-state index < -0.39 is 22.0 Å². The number of benzene rings is 2. The van der Waals surface area contributed by atoms with E-state index >= 15 is 0 Å². The van der Waals surface area contributed by atoms with Crippen LogP contribution in [0.3, 0.4) is 0 Å². The first-order valence-electron chi connectivity index (χ1n) is 17.8. The lowest BCUT2D eigenvalue weighted by molar-refractivity contribution is 0.0552. The molecule has 0 amide bonds. The van der Waals surface area contributed by atoms with Crippen LogP contribution in [-0.4, -0.2) is 59.3 Å². The Morgan fingerprint density at radius 1 is 0.939 bits per heavy atom. The van der Waals surface area contributed by atoms with Crippen LogP contribution in [-0.2, 0) is 27.5 Å². The third kappa shape index (κ3) is 7.35. The van der Waals surface area contributed by atoms with Crippen LogP contribution in [0.5, 0.6) is 0 Å². The monoisotopic (exact) mass is 697 g/mol. The van der Waals surface area contributed by atoms with Crippen LogP contribution in [0.4, 0.5) is 0 Å². The first-order valence-corrected chi connectivity index (χ1v) is 24.4. The Morgan fingerprint density at radius 2 is 1.63 bits per heavy atom. The van der Waals surface area contributed by atoms with Crippen molar-refractivity contribution in [2.24, 2.45) is 5.92 Å². The molecule has 2 aromatic carbocycles. The van der Waals surface area contributed by atoms with E-state index in [2.05, 4.69) is 111 Å². The summed E-state index contributed by atoms with van der Waals surface area (Å²) in [5.41, 5.74) is 7.11. The van der Waals surface area contributed by atoms with Crippen molar-refractivity contribution in [3.63, 3.8) is 0 Å². The molecule has 8 nitrogen and oxygen atoms in total. The molecule has 4 heterocycles. The minimum Gasteiger partial charge on any atom is -0.411 e. The highest BCUT2D eigenvalue weighted by atomic mass is 28.4. The molecule has 1 N–H and O–H groups in total. The van der Waals surface area contributed by atoms with E-state index in [4.69, 9.17) is 24.5 Å². The molecule has 1 aliphatic rings. The molecule has 5 aromatic rings. The van der Waals surface area contributed by atoms with Crippen LogP contribution >= 0.6 is 0 Å². The average Bonchev–Trinajstić information content (AvgIpc) is 3.57. The molecule has 1 aliphatic heterocycles. The van der Waals surface area contributed by atoms with E-state index in [9.17, 15) is 5.11 Å². The average molecular weight is 698 g/mol. The van der Waals surface area contributed by atoms with Gasteiger partial charge in [0.25, 0.3) is 0 Å². The molecule has 0 saturated carbocycles. The fourth-order valence-corrected chi connectivity index (χ4v) is 8.87. The number of fused-ring (bicyclic) bond motifs is 3. The quantitative estimate of drug-likeness (QED) is 0.147. The zero-order valence-corrected chi connectivity index (χ0v) is 33.2. The maximum Gasteiger partial charge on any atom is 0.192 e. The van der Waals surface area contributed by atoms with Crippen LogP contribution < -0.4 is 0 Å². The van der Waals surface area contributed by atoms with Crippen molar-refractivity contribution in [3.8, 4) is 11.3 Å². The van der Waals surface area contributed by atoms with Crippen molar-refractivity contribution in [2.75, 3.05) is 13.2 Å². The van der Waals surface area contributed by atoms with Gasteiger partial charge in [-0.25, -0.2) is 4.68 Å². The van der Waals surface area contributed by atoms with Gasteiger partial charge in [0.15, 0.2) is 8.32 Å². The van der Waals surface area contributed by atoms with E-state index in [1.807, 2.05) is 26.1 Å². The maximum atomic E-state index is 11.1. The summed E-state index contributed by atoms with van der Waals surface area (Å²) in [6, 6.07) is 19.6. The van der Waals surface area contributed by atoms with E-state index in [1.165, 1.54) is 5.56 Å². The van der Waals surface area contributed by atoms with Gasteiger partial charge in [0.05, 0.1) is 48.6 Å². The number of pyridine rings is 1. The number of rotatable bonds is 10. The summed E-state index contributed by atoms with van der Waals surface area (Å²) in [5.74, 6) is 0.372. The minimum atomic E-state index is -2.04. The Kier molecular flexibility index (Phi) is 9.60. The van der Waals surface area contributed by atoms with E-state index in [0.717, 1.165) is 76.7 Å². The van der Waals surface area contributed by atoms with Gasteiger partial charge in [-0.05, 0) is 74.0 Å². The standard InChI is InChI=1S/C39H55N5O3Si2/c1-38(2,3)49(9,10)47-25-32-37(43(42-41-32)26-48(6,7)8)29-22-34-35(40-24-29)31-17-16-30(39(4,5)45)23-33(31)44(34)36(27-14-12-11-13-15-27)28-18-20-46-21-19-28/h11-17,22-24,28,36,45H,18-21,25-26H2,1-10H3. The highest BCUT2D eigenvalue weighted by Crippen LogP contribution is 2.43. The van der Waals surface area contributed by atoms with Gasteiger partial charge in [0.2, 0.25) is 0 Å². The second kappa shape index (κ2) is 13.2. The molecule has 0 bridgehead atoms. The first kappa shape index (κ1) is 35.7. The Balaban J connectivity index is 1.61. The molecule has 49 heavy (non-hydrogen) atoms. The zero-order valence-electron chi connectivity index (χ0n) is 31.2. The van der Waals surface area contributed by atoms with Gasteiger partial charge in [-0.2, -0.15) is 0 Å². The molecule has 3 aromatic heterocycles. The molecule has 1 fully saturated rings. The number of hydrogen-bond acceptors (Lipinski definition) is 6. The normalized spacial score (nSPS) is 16.1. The lowest BCUT2D eigenvalue weighted by Gasteiger charge is -2.36. The number of nitrogens with zero attached hydrogens (tertiary/aromatic N) is 5. The maximum absolute atomic E-state index is 11.1. The summed E-state index contributed by atoms with van der Waals surface area (Å²) in [6.45, 7) is 24.1. The lowest BCUT2D eigenvalue weighted by Crippen LogP contribution is -2.40. The molecule has 1 atom stereocenters. The molecule has 1 saturated heterocycles. The minimum absolute atomic E-state index is 0.0608. The van der Waals surface area contributed by atoms with Gasteiger partial charge in [-0.15, -0.1) is 5.10 Å². The van der Waals surface area contributed by atoms with Gasteiger partial charge in [-0.1, -0.05) is 88.1 Å². The summed E-state index contributed by atoms with van der Waals surface area (Å²) >= 11 is 0. The van der Waals surface area contributed by atoms with Gasteiger partial charge in [0, 0.05) is 36.5 Å². The van der Waals surface area contributed by atoms with E-state index in [1.54, 1.807) is 0 Å². The second-order valence-electron chi connectivity index (χ2n) is 17.2. The van der Waals surface area contributed by atoms with Crippen molar-refractivity contribution >= 4 is 38.3 Å². The second-order valence-corrected chi connectivity index (χ2v) is 27.5. The lowest BCUT2D eigenvalue weighted by atomic mass is 9.86. The van der Waals surface area contributed by atoms with Gasteiger partial charge >= 0.3 is 0 Å². The third-order valence-corrected chi connectivity index (χ3v) is 16.3. The molecule has 0 radical (unpaired) electrons. The fourth-order valence-electron chi connectivity index (χ4n) is 6.82. The Morgan fingerprint density at radius 3 is 2.27 bits per heavy atom. The van der Waals surface area contributed by atoms with Crippen molar-refractivity contribution in [1.82, 2.24) is 24.5 Å². The molecule has 10 heteroatoms. The molecule has 6 rings (SSSR count). The Labute approximate surface area is 294 Å². The highest BCUT2D eigenvalue weighted by Gasteiger charge is 2.38. The SMILES string of the molecule is CC(C)(O)c1ccc2c3ncc(-c4c(CO[Si](C)(C)C(C)(C)C)nnn4C[Si](C)(C)C)cc3n(C(c3ccccc3)C3CCOCC3)c2c1. The van der Waals surface area contributed by atoms with E-state index in [-0.39, 0.29) is 11.1 Å². The van der Waals surface area contributed by atoms with Crippen LogP contribution in [0, 0.1) is 5.92 Å². The van der Waals surface area contributed by atoms with Crippen LogP contribution in [0.1, 0.15) is 70.3 Å². The molecular weight excluding hydrogens is 643 g/mol. The molecular formula is C39H55N5O3Si2. The van der Waals surface area contributed by atoms with Crippen LogP contribution in [0.2, 0.25) is 37.8 Å². The topological polar surface area (TPSA) is 87.2 Å². The van der Waals surface area contributed by atoms with Crippen LogP contribution in [0.15, 0.2) is 60.8 Å². The van der Waals surface area contributed by atoms with Crippen LogP contribution in [0.25, 0.3) is 33.2 Å². The first-order chi connectivity index (χ1) is 22.9. The van der Waals surface area contributed by atoms with Crippen molar-refractivity contribution < 1.29 is 14.3 Å². The summed E-state index contributed by atoms with van der Waals surface area (Å²) in [4.78, 5) is 5.23. The largest absolute Gasteiger partial charge is 0.411 e. The van der Waals surface area contributed by atoms with Gasteiger partial charge in [-0.3, -0.25) is 4.98 Å². The van der Waals surface area contributed by atoms with Crippen molar-refractivity contribution in [2.45, 2.75) is 110 Å². The molecule has 262 valence electrons. The summed E-state index contributed by atoms with van der Waals surface area (Å²) < 4.78 is 17.2. The summed E-state index contributed by atoms with van der Waals surface area (Å²) in [6.07, 6.45) is 4.79. The highest BCUT2D eigenvalue weighted by molar-refractivity contribution is 6.75. The smallest absolute Gasteiger partial charge is 0.192 e. The predicted molar refractivity (Wildman–Crippen MR) is 205 cm³/mol. The Hall–Kier alpha value is -3.16. The van der Waals surface area contributed by atoms with E-state index in [0.29, 0.717) is 12.5 Å². The third-order valence-electron chi connectivity index (χ3n) is 10.6. The Bertz CT molecular complexity index is 1920. The predicted octanol–water partition coefficient (Wildman–Crippen LogP) is 9.09. The number of ether oxygens (including phenoxy) is 1. The number of aliphatic hydroxyl groups is 1. The molecule has 0 aliphatic carbocycles. The van der Waals surface area contributed by atoms with Crippen molar-refractivity contribution in [1.29, 1.82) is 0 Å². The van der Waals surface area contributed by atoms with Gasteiger partial charge < -0.3 is 18.8 Å².